The fraction of sp³-hybridized carbons (Fsp3) is 0.276. The van der Waals surface area contributed by atoms with Crippen LogP contribution in [0.1, 0.15) is 22.3 Å². The van der Waals surface area contributed by atoms with Crippen molar-refractivity contribution in [1.29, 1.82) is 0 Å². The fourth-order valence-electron chi connectivity index (χ4n) is 4.82. The molecular weight excluding hydrogens is 484 g/mol. The van der Waals surface area contributed by atoms with Crippen molar-refractivity contribution in [2.75, 3.05) is 20.0 Å². The van der Waals surface area contributed by atoms with Gasteiger partial charge in [-0.05, 0) is 61.6 Å². The predicted octanol–water partition coefficient (Wildman–Crippen LogP) is 4.94. The van der Waals surface area contributed by atoms with Gasteiger partial charge in [0.15, 0.2) is 11.0 Å². The maximum Gasteiger partial charge on any atom is 0.230 e. The number of thioether (sulfide) groups is 1. The van der Waals surface area contributed by atoms with Gasteiger partial charge in [-0.3, -0.25) is 9.36 Å². The summed E-state index contributed by atoms with van der Waals surface area (Å²) in [5, 5.41) is 12.9. The number of fused-ring (bicyclic) bond motifs is 1. The quantitative estimate of drug-likeness (QED) is 0.336. The number of aromatic nitrogens is 3. The third kappa shape index (κ3) is 5.34. The molecule has 190 valence electrons. The molecule has 0 atom stereocenters. The summed E-state index contributed by atoms with van der Waals surface area (Å²) in [6.07, 6.45) is 1.74. The second-order valence-electron chi connectivity index (χ2n) is 9.26. The van der Waals surface area contributed by atoms with Gasteiger partial charge in [-0.25, -0.2) is 0 Å². The summed E-state index contributed by atoms with van der Waals surface area (Å²) in [6.45, 7) is 4.13. The molecule has 3 aromatic carbocycles. The van der Waals surface area contributed by atoms with Crippen LogP contribution in [0.2, 0.25) is 0 Å². The molecule has 7 nitrogen and oxygen atoms in total. The Labute approximate surface area is 221 Å². The third-order valence-corrected chi connectivity index (χ3v) is 7.51. The van der Waals surface area contributed by atoms with Crippen LogP contribution >= 0.6 is 11.8 Å². The maximum absolute atomic E-state index is 12.9. The minimum Gasteiger partial charge on any atom is -0.497 e. The number of aryl methyl sites for hydroxylation is 2. The summed E-state index contributed by atoms with van der Waals surface area (Å²) in [7, 11) is 3.24. The molecule has 5 rings (SSSR count). The van der Waals surface area contributed by atoms with E-state index in [2.05, 4.69) is 59.7 Å². The molecule has 0 radical (unpaired) electrons. The number of carbonyl (C=O) groups is 1. The predicted molar refractivity (Wildman–Crippen MR) is 146 cm³/mol. The van der Waals surface area contributed by atoms with Crippen LogP contribution in [0.25, 0.3) is 17.1 Å². The molecule has 0 spiro atoms. The molecule has 0 unspecified atom stereocenters. The average molecular weight is 515 g/mol. The van der Waals surface area contributed by atoms with E-state index in [1.807, 2.05) is 34.9 Å². The SMILES string of the molecule is COc1cc(OC)cc(-c2nnc(SCC(=O)NC3Cc4ccccc4C3)n2-c2ccc(C)cc2C)c1. The summed E-state index contributed by atoms with van der Waals surface area (Å²) in [6, 6.07) is 20.4. The van der Waals surface area contributed by atoms with Crippen molar-refractivity contribution in [2.24, 2.45) is 0 Å². The van der Waals surface area contributed by atoms with E-state index in [1.165, 1.54) is 28.5 Å². The van der Waals surface area contributed by atoms with Gasteiger partial charge in [0.05, 0.1) is 25.7 Å². The number of hydrogen-bond donors (Lipinski definition) is 1. The van der Waals surface area contributed by atoms with Gasteiger partial charge in [0, 0.05) is 17.7 Å². The normalized spacial score (nSPS) is 12.9. The molecule has 4 aromatic rings. The number of carbonyl (C=O) groups excluding carboxylic acids is 1. The second kappa shape index (κ2) is 10.7. The standard InChI is InChI=1S/C29H30N4O3S/c1-18-9-10-26(19(2)11-18)33-28(22-14-24(35-3)16-25(15-22)36-4)31-32-29(33)37-17-27(34)30-23-12-20-7-5-6-8-21(20)13-23/h5-11,14-16,23H,12-13,17H2,1-4H3,(H,30,34). The van der Waals surface area contributed by atoms with Crippen molar-refractivity contribution in [1.82, 2.24) is 20.1 Å². The Morgan fingerprint density at radius 2 is 1.65 bits per heavy atom. The van der Waals surface area contributed by atoms with Gasteiger partial charge in [0.1, 0.15) is 11.5 Å². The molecule has 1 aliphatic rings. The highest BCUT2D eigenvalue weighted by Crippen LogP contribution is 2.34. The van der Waals surface area contributed by atoms with Crippen LogP contribution in [0.15, 0.2) is 65.8 Å². The van der Waals surface area contributed by atoms with Crippen LogP contribution in [0.5, 0.6) is 11.5 Å². The molecule has 1 amide bonds. The monoisotopic (exact) mass is 514 g/mol. The summed E-state index contributed by atoms with van der Waals surface area (Å²) < 4.78 is 13.0. The number of rotatable bonds is 8. The van der Waals surface area contributed by atoms with Crippen molar-refractivity contribution in [3.05, 3.63) is 82.9 Å². The summed E-state index contributed by atoms with van der Waals surface area (Å²) in [5.41, 5.74) is 6.66. The molecule has 8 heteroatoms. The van der Waals surface area contributed by atoms with Crippen molar-refractivity contribution < 1.29 is 14.3 Å². The molecule has 0 saturated carbocycles. The van der Waals surface area contributed by atoms with Crippen LogP contribution in [0.4, 0.5) is 0 Å². The lowest BCUT2D eigenvalue weighted by molar-refractivity contribution is -0.119. The van der Waals surface area contributed by atoms with Gasteiger partial charge in [0.2, 0.25) is 5.91 Å². The highest BCUT2D eigenvalue weighted by Gasteiger charge is 2.24. The Bertz CT molecular complexity index is 1400. The summed E-state index contributed by atoms with van der Waals surface area (Å²) in [5.74, 6) is 2.21. The van der Waals surface area contributed by atoms with Crippen molar-refractivity contribution in [3.8, 4) is 28.6 Å². The average Bonchev–Trinajstić information content (AvgIpc) is 3.50. The van der Waals surface area contributed by atoms with E-state index < -0.39 is 0 Å². The van der Waals surface area contributed by atoms with Crippen LogP contribution in [-0.4, -0.2) is 46.7 Å². The van der Waals surface area contributed by atoms with E-state index in [0.717, 1.165) is 29.7 Å². The van der Waals surface area contributed by atoms with E-state index in [4.69, 9.17) is 9.47 Å². The molecule has 0 saturated heterocycles. The molecule has 0 fully saturated rings. The second-order valence-corrected chi connectivity index (χ2v) is 10.2. The fourth-order valence-corrected chi connectivity index (χ4v) is 5.58. The number of nitrogens with one attached hydrogen (secondary N) is 1. The highest BCUT2D eigenvalue weighted by molar-refractivity contribution is 7.99. The molecule has 37 heavy (non-hydrogen) atoms. The van der Waals surface area contributed by atoms with Crippen LogP contribution < -0.4 is 14.8 Å². The number of ether oxygens (including phenoxy) is 2. The number of methoxy groups -OCH3 is 2. The Morgan fingerprint density at radius 1 is 0.973 bits per heavy atom. The molecule has 1 aliphatic carbocycles. The molecule has 0 bridgehead atoms. The number of benzene rings is 3. The lowest BCUT2D eigenvalue weighted by Gasteiger charge is -2.15. The zero-order valence-corrected chi connectivity index (χ0v) is 22.3. The van der Waals surface area contributed by atoms with Crippen molar-refractivity contribution in [2.45, 2.75) is 37.9 Å². The smallest absolute Gasteiger partial charge is 0.230 e. The Morgan fingerprint density at radius 3 is 2.27 bits per heavy atom. The topological polar surface area (TPSA) is 78.3 Å². The Hall–Kier alpha value is -3.78. The number of amides is 1. The highest BCUT2D eigenvalue weighted by atomic mass is 32.2. The van der Waals surface area contributed by atoms with Crippen LogP contribution in [0, 0.1) is 13.8 Å². The summed E-state index contributed by atoms with van der Waals surface area (Å²) in [4.78, 5) is 12.9. The largest absolute Gasteiger partial charge is 0.497 e. The lowest BCUT2D eigenvalue weighted by Crippen LogP contribution is -2.36. The first-order chi connectivity index (χ1) is 17.9. The van der Waals surface area contributed by atoms with E-state index in [-0.39, 0.29) is 17.7 Å². The molecular formula is C29H30N4O3S. The zero-order valence-electron chi connectivity index (χ0n) is 21.4. The summed E-state index contributed by atoms with van der Waals surface area (Å²) >= 11 is 1.38. The maximum atomic E-state index is 12.9. The van der Waals surface area contributed by atoms with E-state index in [9.17, 15) is 4.79 Å². The first kappa shape index (κ1) is 24.9. The molecule has 0 aliphatic heterocycles. The van der Waals surface area contributed by atoms with E-state index in [0.29, 0.717) is 22.5 Å². The minimum absolute atomic E-state index is 0.0115. The van der Waals surface area contributed by atoms with Crippen LogP contribution in [-0.2, 0) is 17.6 Å². The number of hydrogen-bond acceptors (Lipinski definition) is 6. The van der Waals surface area contributed by atoms with Crippen molar-refractivity contribution in [3.63, 3.8) is 0 Å². The Balaban J connectivity index is 1.42. The number of nitrogens with zero attached hydrogens (tertiary/aromatic N) is 3. The van der Waals surface area contributed by atoms with Gasteiger partial charge in [-0.15, -0.1) is 10.2 Å². The van der Waals surface area contributed by atoms with Gasteiger partial charge in [-0.2, -0.15) is 0 Å². The molecule has 1 aromatic heterocycles. The molecule has 1 N–H and O–H groups in total. The van der Waals surface area contributed by atoms with E-state index in [1.54, 1.807) is 14.2 Å². The van der Waals surface area contributed by atoms with E-state index >= 15 is 0 Å². The Kier molecular flexibility index (Phi) is 7.19. The van der Waals surface area contributed by atoms with Crippen molar-refractivity contribution >= 4 is 17.7 Å². The van der Waals surface area contributed by atoms with Gasteiger partial charge in [-0.1, -0.05) is 53.7 Å². The zero-order chi connectivity index (χ0) is 25.9. The third-order valence-electron chi connectivity index (χ3n) is 6.58. The first-order valence-electron chi connectivity index (χ1n) is 12.2. The minimum atomic E-state index is -0.0115. The lowest BCUT2D eigenvalue weighted by atomic mass is 10.1. The molecule has 1 heterocycles. The van der Waals surface area contributed by atoms with Gasteiger partial charge < -0.3 is 14.8 Å². The van der Waals surface area contributed by atoms with Gasteiger partial charge in [0.25, 0.3) is 0 Å². The first-order valence-corrected chi connectivity index (χ1v) is 13.2. The van der Waals surface area contributed by atoms with Gasteiger partial charge >= 0.3 is 0 Å². The van der Waals surface area contributed by atoms with Crippen LogP contribution in [0.3, 0.4) is 0 Å².